The van der Waals surface area contributed by atoms with Gasteiger partial charge in [0.25, 0.3) is 0 Å². The molecule has 1 atom stereocenters. The number of nitrogens with zero attached hydrogens (tertiary/aromatic N) is 4. The van der Waals surface area contributed by atoms with Crippen LogP contribution in [0.2, 0.25) is 0 Å². The highest BCUT2D eigenvalue weighted by molar-refractivity contribution is 5.76. The standard InChI is InChI=1S/C20H26N4O3/c1-14-13-15(2)24(20(27)22-14)12-8-18(25)23-10-6-16(7-11-23)19(26)17-5-3-4-9-21-17/h3-5,9,13,16,19,26H,6-8,10-12H2,1-2H3/t19-/m0/s1. The van der Waals surface area contributed by atoms with Gasteiger partial charge < -0.3 is 10.0 Å². The van der Waals surface area contributed by atoms with Gasteiger partial charge in [-0.05, 0) is 50.8 Å². The second kappa shape index (κ2) is 8.43. The Kier molecular flexibility index (Phi) is 6.01. The van der Waals surface area contributed by atoms with E-state index in [2.05, 4.69) is 9.97 Å². The van der Waals surface area contributed by atoms with Crippen LogP contribution in [0.25, 0.3) is 0 Å². The number of aromatic nitrogens is 3. The molecule has 0 aliphatic carbocycles. The summed E-state index contributed by atoms with van der Waals surface area (Å²) >= 11 is 0. The van der Waals surface area contributed by atoms with Crippen LogP contribution in [0.5, 0.6) is 0 Å². The molecule has 144 valence electrons. The molecule has 1 aliphatic rings. The van der Waals surface area contributed by atoms with E-state index >= 15 is 0 Å². The maximum Gasteiger partial charge on any atom is 0.347 e. The minimum absolute atomic E-state index is 0.0349. The number of aliphatic hydroxyl groups excluding tert-OH is 1. The van der Waals surface area contributed by atoms with Crippen LogP contribution in [0, 0.1) is 19.8 Å². The first-order valence-electron chi connectivity index (χ1n) is 9.37. The summed E-state index contributed by atoms with van der Waals surface area (Å²) in [6.45, 7) is 5.21. The fourth-order valence-electron chi connectivity index (χ4n) is 3.67. The van der Waals surface area contributed by atoms with Gasteiger partial charge in [0.15, 0.2) is 0 Å². The third-order valence-corrected chi connectivity index (χ3v) is 5.23. The Bertz CT molecular complexity index is 842. The lowest BCUT2D eigenvalue weighted by Crippen LogP contribution is -2.40. The molecule has 0 bridgehead atoms. The number of pyridine rings is 1. The second-order valence-electron chi connectivity index (χ2n) is 7.14. The monoisotopic (exact) mass is 370 g/mol. The second-order valence-corrected chi connectivity index (χ2v) is 7.14. The highest BCUT2D eigenvalue weighted by Crippen LogP contribution is 2.29. The molecule has 1 N–H and O–H groups in total. The Morgan fingerprint density at radius 3 is 2.67 bits per heavy atom. The minimum atomic E-state index is -0.594. The molecule has 7 nitrogen and oxygen atoms in total. The van der Waals surface area contributed by atoms with E-state index in [0.29, 0.717) is 31.0 Å². The molecule has 3 heterocycles. The highest BCUT2D eigenvalue weighted by Gasteiger charge is 2.28. The Labute approximate surface area is 158 Å². The van der Waals surface area contributed by atoms with Crippen molar-refractivity contribution in [2.45, 2.75) is 45.8 Å². The van der Waals surface area contributed by atoms with Gasteiger partial charge in [-0.3, -0.25) is 14.3 Å². The van der Waals surface area contributed by atoms with Crippen LogP contribution in [0.4, 0.5) is 0 Å². The molecule has 3 rings (SSSR count). The molecule has 1 aliphatic heterocycles. The van der Waals surface area contributed by atoms with E-state index in [4.69, 9.17) is 0 Å². The minimum Gasteiger partial charge on any atom is -0.387 e. The number of carbonyl (C=O) groups excluding carboxylic acids is 1. The maximum absolute atomic E-state index is 12.5. The van der Waals surface area contributed by atoms with Gasteiger partial charge in [0.05, 0.1) is 11.8 Å². The number of rotatable bonds is 5. The molecular weight excluding hydrogens is 344 g/mol. The van der Waals surface area contributed by atoms with E-state index in [-0.39, 0.29) is 23.9 Å². The van der Waals surface area contributed by atoms with Crippen molar-refractivity contribution < 1.29 is 9.90 Å². The number of likely N-dealkylation sites (tertiary alicyclic amines) is 1. The molecule has 0 spiro atoms. The lowest BCUT2D eigenvalue weighted by molar-refractivity contribution is -0.133. The largest absolute Gasteiger partial charge is 0.387 e. The fourth-order valence-corrected chi connectivity index (χ4v) is 3.67. The van der Waals surface area contributed by atoms with Crippen molar-refractivity contribution in [1.29, 1.82) is 0 Å². The van der Waals surface area contributed by atoms with Gasteiger partial charge in [0.2, 0.25) is 5.91 Å². The molecule has 0 aromatic carbocycles. The van der Waals surface area contributed by atoms with Crippen molar-refractivity contribution in [3.05, 3.63) is 58.0 Å². The quantitative estimate of drug-likeness (QED) is 0.864. The van der Waals surface area contributed by atoms with Crippen LogP contribution < -0.4 is 5.69 Å². The Hall–Kier alpha value is -2.54. The third kappa shape index (κ3) is 4.60. The summed E-state index contributed by atoms with van der Waals surface area (Å²) in [6.07, 6.45) is 2.85. The smallest absolute Gasteiger partial charge is 0.347 e. The summed E-state index contributed by atoms with van der Waals surface area (Å²) in [5, 5.41) is 10.5. The summed E-state index contributed by atoms with van der Waals surface area (Å²) < 4.78 is 1.54. The molecule has 1 saturated heterocycles. The van der Waals surface area contributed by atoms with E-state index in [0.717, 1.165) is 18.5 Å². The topological polar surface area (TPSA) is 88.3 Å². The number of aliphatic hydroxyl groups is 1. The molecule has 1 fully saturated rings. The van der Waals surface area contributed by atoms with Gasteiger partial charge in [-0.2, -0.15) is 4.98 Å². The lowest BCUT2D eigenvalue weighted by Gasteiger charge is -2.34. The van der Waals surface area contributed by atoms with E-state index in [1.165, 1.54) is 0 Å². The predicted molar refractivity (Wildman–Crippen MR) is 101 cm³/mol. The molecular formula is C20H26N4O3. The first-order chi connectivity index (χ1) is 13.0. The zero-order chi connectivity index (χ0) is 19.4. The summed E-state index contributed by atoms with van der Waals surface area (Å²) in [6, 6.07) is 7.37. The van der Waals surface area contributed by atoms with Crippen LogP contribution in [-0.4, -0.2) is 43.5 Å². The van der Waals surface area contributed by atoms with Gasteiger partial charge in [0.1, 0.15) is 0 Å². The number of piperidine rings is 1. The molecule has 2 aromatic rings. The first kappa shape index (κ1) is 19.2. The Balaban J connectivity index is 1.52. The summed E-state index contributed by atoms with van der Waals surface area (Å²) in [5.41, 5.74) is 1.88. The van der Waals surface area contributed by atoms with Gasteiger partial charge in [-0.25, -0.2) is 4.79 Å². The Morgan fingerprint density at radius 1 is 1.30 bits per heavy atom. The number of hydrogen-bond acceptors (Lipinski definition) is 5. The van der Waals surface area contributed by atoms with Crippen molar-refractivity contribution in [3.63, 3.8) is 0 Å². The van der Waals surface area contributed by atoms with Gasteiger partial charge in [-0.1, -0.05) is 6.07 Å². The normalized spacial score (nSPS) is 16.3. The molecule has 0 saturated carbocycles. The SMILES string of the molecule is Cc1cc(C)n(CCC(=O)N2CCC([C@H](O)c3ccccn3)CC2)c(=O)n1. The maximum atomic E-state index is 12.5. The molecule has 7 heteroatoms. The molecule has 27 heavy (non-hydrogen) atoms. The Morgan fingerprint density at radius 2 is 2.04 bits per heavy atom. The van der Waals surface area contributed by atoms with Crippen LogP contribution in [0.1, 0.15) is 42.4 Å². The van der Waals surface area contributed by atoms with Gasteiger partial charge >= 0.3 is 5.69 Å². The average Bonchev–Trinajstić information content (AvgIpc) is 2.67. The number of hydrogen-bond donors (Lipinski definition) is 1. The van der Waals surface area contributed by atoms with Crippen LogP contribution in [0.3, 0.4) is 0 Å². The number of amides is 1. The summed E-state index contributed by atoms with van der Waals surface area (Å²) in [4.78, 5) is 34.5. The van der Waals surface area contributed by atoms with E-state index < -0.39 is 6.10 Å². The molecule has 1 amide bonds. The average molecular weight is 370 g/mol. The zero-order valence-corrected chi connectivity index (χ0v) is 15.8. The molecule has 0 unspecified atom stereocenters. The zero-order valence-electron chi connectivity index (χ0n) is 15.8. The van der Waals surface area contributed by atoms with Crippen LogP contribution in [0.15, 0.2) is 35.3 Å². The number of carbonyl (C=O) groups is 1. The molecule has 0 radical (unpaired) electrons. The van der Waals surface area contributed by atoms with Crippen LogP contribution in [-0.2, 0) is 11.3 Å². The van der Waals surface area contributed by atoms with Crippen molar-refractivity contribution in [2.75, 3.05) is 13.1 Å². The van der Waals surface area contributed by atoms with Crippen molar-refractivity contribution in [3.8, 4) is 0 Å². The van der Waals surface area contributed by atoms with Crippen LogP contribution >= 0.6 is 0 Å². The lowest BCUT2D eigenvalue weighted by atomic mass is 9.89. The van der Waals surface area contributed by atoms with E-state index in [1.54, 1.807) is 17.7 Å². The first-order valence-corrected chi connectivity index (χ1v) is 9.37. The third-order valence-electron chi connectivity index (χ3n) is 5.23. The van der Waals surface area contributed by atoms with Crippen molar-refractivity contribution in [1.82, 2.24) is 19.4 Å². The summed E-state index contributed by atoms with van der Waals surface area (Å²) in [7, 11) is 0. The van der Waals surface area contributed by atoms with E-state index in [1.807, 2.05) is 36.1 Å². The fraction of sp³-hybridized carbons (Fsp3) is 0.500. The highest BCUT2D eigenvalue weighted by atomic mass is 16.3. The van der Waals surface area contributed by atoms with Gasteiger partial charge in [-0.15, -0.1) is 0 Å². The predicted octanol–water partition coefficient (Wildman–Crippen LogP) is 1.62. The van der Waals surface area contributed by atoms with E-state index in [9.17, 15) is 14.7 Å². The van der Waals surface area contributed by atoms with Gasteiger partial charge in [0, 0.05) is 43.6 Å². The summed E-state index contributed by atoms with van der Waals surface area (Å²) in [5.74, 6) is 0.141. The van der Waals surface area contributed by atoms with Crippen molar-refractivity contribution >= 4 is 5.91 Å². The molecule has 2 aromatic heterocycles. The van der Waals surface area contributed by atoms with Crippen molar-refractivity contribution in [2.24, 2.45) is 5.92 Å². The number of aryl methyl sites for hydroxylation is 2.